The molecule has 2 aromatic heterocycles. The second-order valence-electron chi connectivity index (χ2n) is 9.10. The predicted octanol–water partition coefficient (Wildman–Crippen LogP) is 3.09. The van der Waals surface area contributed by atoms with Crippen molar-refractivity contribution in [2.45, 2.75) is 38.8 Å². The molecule has 34 heavy (non-hydrogen) atoms. The van der Waals surface area contributed by atoms with Gasteiger partial charge in [0, 0.05) is 48.2 Å². The normalized spacial score (nSPS) is 20.6. The molecule has 178 valence electrons. The van der Waals surface area contributed by atoms with Crippen molar-refractivity contribution in [1.82, 2.24) is 14.5 Å². The number of benzene rings is 1. The molecule has 3 aromatic rings. The Morgan fingerprint density at radius 3 is 2.85 bits per heavy atom. The third-order valence-corrected chi connectivity index (χ3v) is 6.92. The number of esters is 1. The second kappa shape index (κ2) is 8.72. The van der Waals surface area contributed by atoms with Crippen LogP contribution in [-0.4, -0.2) is 52.1 Å². The summed E-state index contributed by atoms with van der Waals surface area (Å²) in [6.45, 7) is 5.69. The summed E-state index contributed by atoms with van der Waals surface area (Å²) in [5.74, 6) is -0.922. The molecule has 5 rings (SSSR count). The van der Waals surface area contributed by atoms with Crippen LogP contribution in [0.15, 0.2) is 41.2 Å². The summed E-state index contributed by atoms with van der Waals surface area (Å²) >= 11 is 0. The molecule has 2 aliphatic rings. The van der Waals surface area contributed by atoms with Crippen molar-refractivity contribution in [3.63, 3.8) is 0 Å². The van der Waals surface area contributed by atoms with Gasteiger partial charge in [-0.15, -0.1) is 0 Å². The maximum Gasteiger partial charge on any atom is 0.356 e. The van der Waals surface area contributed by atoms with E-state index in [1.807, 2.05) is 17.6 Å². The Hall–Kier alpha value is -3.46. The van der Waals surface area contributed by atoms with Crippen LogP contribution in [0, 0.1) is 11.7 Å². The molecule has 0 saturated carbocycles. The fourth-order valence-corrected chi connectivity index (χ4v) is 5.29. The number of hydrogen-bond acceptors (Lipinski definition) is 5. The molecule has 8 nitrogen and oxygen atoms in total. The van der Waals surface area contributed by atoms with E-state index in [1.165, 1.54) is 18.2 Å². The van der Waals surface area contributed by atoms with E-state index in [-0.39, 0.29) is 41.3 Å². The highest BCUT2D eigenvalue weighted by Crippen LogP contribution is 2.36. The molecule has 1 saturated heterocycles. The van der Waals surface area contributed by atoms with Gasteiger partial charge in [-0.1, -0.05) is 6.07 Å². The zero-order valence-corrected chi connectivity index (χ0v) is 19.1. The Morgan fingerprint density at radius 1 is 1.24 bits per heavy atom. The number of hydrogen-bond donors (Lipinski definition) is 2. The summed E-state index contributed by atoms with van der Waals surface area (Å²) in [5, 5.41) is 3.27. The third kappa shape index (κ3) is 3.90. The van der Waals surface area contributed by atoms with Gasteiger partial charge < -0.3 is 19.6 Å². The topological polar surface area (TPSA) is 96.4 Å². The van der Waals surface area contributed by atoms with E-state index in [2.05, 4.69) is 15.2 Å². The van der Waals surface area contributed by atoms with Gasteiger partial charge in [0.25, 0.3) is 5.56 Å². The zero-order chi connectivity index (χ0) is 24.0. The number of nitrogens with zero attached hydrogens (tertiary/aromatic N) is 2. The van der Waals surface area contributed by atoms with Crippen LogP contribution in [0.5, 0.6) is 0 Å². The Kier molecular flexibility index (Phi) is 5.73. The first-order valence-corrected chi connectivity index (χ1v) is 11.6. The van der Waals surface area contributed by atoms with Gasteiger partial charge in [-0.3, -0.25) is 14.5 Å². The van der Waals surface area contributed by atoms with Gasteiger partial charge in [0.05, 0.1) is 18.3 Å². The highest BCUT2D eigenvalue weighted by Gasteiger charge is 2.37. The molecule has 1 aromatic carbocycles. The summed E-state index contributed by atoms with van der Waals surface area (Å²) in [6, 6.07) is 8.98. The van der Waals surface area contributed by atoms with Crippen LogP contribution in [0.4, 0.5) is 10.1 Å². The lowest BCUT2D eigenvalue weighted by molar-refractivity contribution is -0.121. The quantitative estimate of drug-likeness (QED) is 0.564. The van der Waals surface area contributed by atoms with Gasteiger partial charge in [0.15, 0.2) is 0 Å². The molecular weight excluding hydrogens is 439 g/mol. The van der Waals surface area contributed by atoms with E-state index < -0.39 is 17.8 Å². The van der Waals surface area contributed by atoms with E-state index in [0.29, 0.717) is 30.5 Å². The molecule has 3 atom stereocenters. The maximum absolute atomic E-state index is 14.0. The van der Waals surface area contributed by atoms with E-state index in [4.69, 9.17) is 4.74 Å². The molecule has 2 N–H and O–H groups in total. The first kappa shape index (κ1) is 22.3. The van der Waals surface area contributed by atoms with Crippen LogP contribution in [0.25, 0.3) is 10.9 Å². The van der Waals surface area contributed by atoms with Crippen molar-refractivity contribution in [3.8, 4) is 0 Å². The number of carbonyl (C=O) groups is 2. The van der Waals surface area contributed by atoms with Gasteiger partial charge in [-0.2, -0.15) is 0 Å². The van der Waals surface area contributed by atoms with Crippen molar-refractivity contribution in [2.24, 2.45) is 5.92 Å². The molecule has 2 aliphatic heterocycles. The minimum atomic E-state index is -0.614. The Bertz CT molecular complexity index is 1330. The van der Waals surface area contributed by atoms with Gasteiger partial charge in [0.1, 0.15) is 11.5 Å². The average molecular weight is 467 g/mol. The third-order valence-electron chi connectivity index (χ3n) is 6.92. The second-order valence-corrected chi connectivity index (χ2v) is 9.10. The smallest absolute Gasteiger partial charge is 0.356 e. The van der Waals surface area contributed by atoms with Crippen molar-refractivity contribution >= 4 is 28.5 Å². The van der Waals surface area contributed by atoms with E-state index >= 15 is 0 Å². The molecule has 0 spiro atoms. The highest BCUT2D eigenvalue weighted by molar-refractivity contribution is 6.11. The van der Waals surface area contributed by atoms with Crippen LogP contribution in [0.3, 0.4) is 0 Å². The number of anilines is 1. The standard InChI is InChI=1S/C25H27FN4O4/c1-3-34-25(33)23-22(18-10-17(26)7-8-19(18)27-23)28-24(32)14(2)29-11-15-9-16(13-29)20-5-4-6-21(31)30(20)12-15/h4-8,10,14-16,27H,3,9,11-13H2,1-2H3,(H,28,32)/t14-,15-,16+/m1/s1. The molecule has 0 radical (unpaired) electrons. The largest absolute Gasteiger partial charge is 0.461 e. The number of H-pyrrole nitrogens is 1. The number of ether oxygens (including phenoxy) is 1. The number of nitrogens with one attached hydrogen (secondary N) is 2. The maximum atomic E-state index is 14.0. The molecule has 2 bridgehead atoms. The Labute approximate surface area is 195 Å². The summed E-state index contributed by atoms with van der Waals surface area (Å²) in [4.78, 5) is 43.2. The number of pyridine rings is 1. The number of aromatic amines is 1. The number of carbonyl (C=O) groups excluding carboxylic acids is 2. The lowest BCUT2D eigenvalue weighted by atomic mass is 9.82. The van der Waals surface area contributed by atoms with Crippen LogP contribution in [-0.2, 0) is 16.1 Å². The van der Waals surface area contributed by atoms with Crippen molar-refractivity contribution in [1.29, 1.82) is 0 Å². The van der Waals surface area contributed by atoms with Crippen molar-refractivity contribution in [2.75, 3.05) is 25.0 Å². The van der Waals surface area contributed by atoms with Crippen LogP contribution in [0.1, 0.15) is 42.4 Å². The molecule has 1 amide bonds. The van der Waals surface area contributed by atoms with Gasteiger partial charge in [-0.25, -0.2) is 9.18 Å². The molecule has 1 fully saturated rings. The summed E-state index contributed by atoms with van der Waals surface area (Å²) in [7, 11) is 0. The lowest BCUT2D eigenvalue weighted by Crippen LogP contribution is -2.52. The minimum Gasteiger partial charge on any atom is -0.461 e. The van der Waals surface area contributed by atoms with Gasteiger partial charge in [0.2, 0.25) is 5.91 Å². The molecule has 9 heteroatoms. The van der Waals surface area contributed by atoms with Gasteiger partial charge in [-0.05, 0) is 50.5 Å². The van der Waals surface area contributed by atoms with E-state index in [0.717, 1.165) is 12.1 Å². The highest BCUT2D eigenvalue weighted by atomic mass is 19.1. The SMILES string of the molecule is CCOC(=O)c1[nH]c2ccc(F)cc2c1NC(=O)[C@@H](C)N1C[C@H]2C[C@@H](C1)c1cccc(=O)n1C2. The zero-order valence-electron chi connectivity index (χ0n) is 19.1. The van der Waals surface area contributed by atoms with Gasteiger partial charge >= 0.3 is 5.97 Å². The Balaban J connectivity index is 1.40. The molecule has 4 heterocycles. The number of halogens is 1. The van der Waals surface area contributed by atoms with Crippen molar-refractivity contribution < 1.29 is 18.7 Å². The number of amides is 1. The summed E-state index contributed by atoms with van der Waals surface area (Å²) in [5.41, 5.74) is 1.87. The fourth-order valence-electron chi connectivity index (χ4n) is 5.29. The van der Waals surface area contributed by atoms with E-state index in [9.17, 15) is 18.8 Å². The number of fused-ring (bicyclic) bond motifs is 5. The molecule has 0 unspecified atom stereocenters. The number of rotatable bonds is 5. The summed E-state index contributed by atoms with van der Waals surface area (Å²) < 4.78 is 20.9. The molecule has 0 aliphatic carbocycles. The number of piperidine rings is 1. The average Bonchev–Trinajstić information content (AvgIpc) is 3.17. The van der Waals surface area contributed by atoms with Crippen LogP contribution in [0.2, 0.25) is 0 Å². The predicted molar refractivity (Wildman–Crippen MR) is 125 cm³/mol. The molecular formula is C25H27FN4O4. The first-order chi connectivity index (χ1) is 16.4. The Morgan fingerprint density at radius 2 is 2.06 bits per heavy atom. The van der Waals surface area contributed by atoms with Crippen LogP contribution < -0.4 is 10.9 Å². The summed E-state index contributed by atoms with van der Waals surface area (Å²) in [6.07, 6.45) is 0.989. The number of likely N-dealkylation sites (tertiary alicyclic amines) is 1. The van der Waals surface area contributed by atoms with Crippen molar-refractivity contribution in [3.05, 3.63) is 64.0 Å². The fraction of sp³-hybridized carbons (Fsp3) is 0.400. The van der Waals surface area contributed by atoms with Crippen LogP contribution >= 0.6 is 0 Å². The first-order valence-electron chi connectivity index (χ1n) is 11.6. The lowest BCUT2D eigenvalue weighted by Gasteiger charge is -2.44. The minimum absolute atomic E-state index is 0.0181. The van der Waals surface area contributed by atoms with E-state index in [1.54, 1.807) is 19.1 Å². The monoisotopic (exact) mass is 466 g/mol. The number of aromatic nitrogens is 2.